The van der Waals surface area contributed by atoms with Gasteiger partial charge >= 0.3 is 0 Å². The summed E-state index contributed by atoms with van der Waals surface area (Å²) >= 11 is 0. The lowest BCUT2D eigenvalue weighted by atomic mass is 10.2. The Morgan fingerprint density at radius 1 is 1.15 bits per heavy atom. The van der Waals surface area contributed by atoms with Gasteiger partial charge in [-0.15, -0.1) is 0 Å². The van der Waals surface area contributed by atoms with E-state index < -0.39 is 0 Å². The Hall–Kier alpha value is -0.280. The van der Waals surface area contributed by atoms with Crippen molar-refractivity contribution in [2.45, 2.75) is 0 Å². The van der Waals surface area contributed by atoms with E-state index in [1.807, 2.05) is 0 Å². The van der Waals surface area contributed by atoms with Gasteiger partial charge in [0.05, 0.1) is 13.2 Å². The molecule has 0 amide bonds. The summed E-state index contributed by atoms with van der Waals surface area (Å²) in [6.45, 7) is 0.580. The van der Waals surface area contributed by atoms with Gasteiger partial charge in [0.15, 0.2) is 0 Å². The summed E-state index contributed by atoms with van der Waals surface area (Å²) in [6.07, 6.45) is 0. The van der Waals surface area contributed by atoms with Crippen LogP contribution in [0.5, 0.6) is 0 Å². The molecular weight excluding hydrogens is 178 g/mol. The normalized spacial score (nSPS) is 12.0. The molecule has 0 saturated heterocycles. The molecule has 0 aromatic rings. The summed E-state index contributed by atoms with van der Waals surface area (Å²) < 4.78 is 0. The third-order valence-corrected chi connectivity index (χ3v) is 1.32. The molecule has 13 heavy (non-hydrogen) atoms. The number of nitrogens with two attached hydrogens (primary N) is 1. The Labute approximate surface area is 77.1 Å². The van der Waals surface area contributed by atoms with Gasteiger partial charge in [-0.3, -0.25) is 10.5 Å². The zero-order valence-corrected chi connectivity index (χ0v) is 7.80. The Bertz CT molecular complexity index is 110. The zero-order valence-electron chi connectivity index (χ0n) is 7.80. The van der Waals surface area contributed by atoms with Gasteiger partial charge in [-0.25, -0.2) is 0 Å². The summed E-state index contributed by atoms with van der Waals surface area (Å²) in [5.74, 6) is -0.159. The fourth-order valence-electron chi connectivity index (χ4n) is 0.605. The molecule has 0 heterocycles. The van der Waals surface area contributed by atoms with Crippen molar-refractivity contribution in [1.29, 1.82) is 0 Å². The van der Waals surface area contributed by atoms with E-state index in [0.29, 0.717) is 17.0 Å². The smallest absolute Gasteiger partial charge is 0.0736 e. The van der Waals surface area contributed by atoms with Crippen LogP contribution in [0, 0.1) is 16.3 Å². The monoisotopic (exact) mass is 193 g/mol. The summed E-state index contributed by atoms with van der Waals surface area (Å²) in [7, 11) is 2.46. The fraction of sp³-hybridized carbons (Fsp3) is 1.00. The van der Waals surface area contributed by atoms with E-state index in [9.17, 15) is 10.4 Å². The molecule has 2 N–H and O–H groups in total. The van der Waals surface area contributed by atoms with E-state index in [1.165, 1.54) is 14.1 Å². The van der Waals surface area contributed by atoms with E-state index >= 15 is 0 Å². The van der Waals surface area contributed by atoms with E-state index in [0.717, 1.165) is 0 Å². The first-order valence-corrected chi connectivity index (χ1v) is 3.84. The lowest BCUT2D eigenvalue weighted by molar-refractivity contribution is -0.151. The topological polar surface area (TPSA) is 97.1 Å². The van der Waals surface area contributed by atoms with Crippen molar-refractivity contribution in [2.75, 3.05) is 33.9 Å². The zero-order chi connectivity index (χ0) is 10.3. The predicted molar refractivity (Wildman–Crippen MR) is 46.7 cm³/mol. The highest BCUT2D eigenvalue weighted by Gasteiger charge is 2.07. The minimum atomic E-state index is -0.159. The van der Waals surface area contributed by atoms with Gasteiger partial charge in [-0.2, -0.15) is 0 Å². The molecule has 0 atom stereocenters. The number of hydrogen-bond acceptors (Lipinski definition) is 7. The van der Waals surface area contributed by atoms with Crippen LogP contribution in [-0.2, 0) is 9.68 Å². The van der Waals surface area contributed by atoms with Gasteiger partial charge in [0.25, 0.3) is 0 Å². The quantitative estimate of drug-likeness (QED) is 0.533. The second-order valence-corrected chi connectivity index (χ2v) is 2.57. The molecule has 7 nitrogen and oxygen atoms in total. The third-order valence-electron chi connectivity index (χ3n) is 1.32. The Balaban J connectivity index is 3.51. The fourth-order valence-corrected chi connectivity index (χ4v) is 0.605. The molecule has 0 aromatic heterocycles. The largest absolute Gasteiger partial charge is 0.762 e. The van der Waals surface area contributed by atoms with Crippen molar-refractivity contribution in [2.24, 2.45) is 11.7 Å². The maximum absolute atomic E-state index is 10.3. The van der Waals surface area contributed by atoms with E-state index in [2.05, 4.69) is 9.68 Å². The Morgan fingerprint density at radius 2 is 1.54 bits per heavy atom. The van der Waals surface area contributed by atoms with Crippen molar-refractivity contribution < 1.29 is 9.68 Å². The number of hydroxylamine groups is 4. The predicted octanol–water partition coefficient (Wildman–Crippen LogP) is -0.716. The first-order valence-electron chi connectivity index (χ1n) is 3.84. The minimum absolute atomic E-state index is 0.143. The molecule has 0 unspecified atom stereocenters. The first kappa shape index (κ1) is 12.7. The van der Waals surface area contributed by atoms with E-state index in [4.69, 9.17) is 5.73 Å². The maximum atomic E-state index is 10.3. The van der Waals surface area contributed by atoms with Crippen LogP contribution in [0.4, 0.5) is 0 Å². The molecule has 0 saturated carbocycles. The van der Waals surface area contributed by atoms with Crippen molar-refractivity contribution in [3.05, 3.63) is 10.4 Å². The van der Waals surface area contributed by atoms with Crippen molar-refractivity contribution in [3.63, 3.8) is 0 Å². The summed E-state index contributed by atoms with van der Waals surface area (Å²) in [6, 6.07) is 0. The second-order valence-electron chi connectivity index (χ2n) is 2.57. The number of hydrogen-bond donors (Lipinski definition) is 1. The SMILES string of the molecule is CN([O-])OCC(CN)CON(C)[O-]. The Kier molecular flexibility index (Phi) is 7.00. The lowest BCUT2D eigenvalue weighted by Crippen LogP contribution is -2.29. The molecule has 0 rings (SSSR count). The van der Waals surface area contributed by atoms with Gasteiger partial charge < -0.3 is 25.8 Å². The highest BCUT2D eigenvalue weighted by Crippen LogP contribution is 1.98. The van der Waals surface area contributed by atoms with Crippen LogP contribution in [0.3, 0.4) is 0 Å². The number of nitrogens with zero attached hydrogens (tertiary/aromatic N) is 2. The molecule has 80 valence electrons. The lowest BCUT2D eigenvalue weighted by Gasteiger charge is -2.27. The van der Waals surface area contributed by atoms with Crippen LogP contribution in [0.1, 0.15) is 0 Å². The number of rotatable bonds is 7. The van der Waals surface area contributed by atoms with Crippen LogP contribution in [-0.4, -0.2) is 44.3 Å². The van der Waals surface area contributed by atoms with E-state index in [-0.39, 0.29) is 19.1 Å². The highest BCUT2D eigenvalue weighted by molar-refractivity contribution is 4.56. The van der Waals surface area contributed by atoms with Gasteiger partial charge in [0.1, 0.15) is 0 Å². The van der Waals surface area contributed by atoms with Crippen LogP contribution >= 0.6 is 0 Å². The van der Waals surface area contributed by atoms with Gasteiger partial charge in [-0.1, -0.05) is 0 Å². The molecular formula is C6H15N3O4-2. The molecule has 0 aliphatic rings. The summed E-state index contributed by atoms with van der Waals surface area (Å²) in [5, 5.41) is 21.4. The maximum Gasteiger partial charge on any atom is 0.0736 e. The molecule has 0 aliphatic heterocycles. The standard InChI is InChI=1S/C6H15N3O4/c1-8(10)12-4-6(3-7)5-13-9(2)11/h6H,3-5,7H2,1-2H3/q-2. The van der Waals surface area contributed by atoms with Crippen LogP contribution in [0.2, 0.25) is 0 Å². The van der Waals surface area contributed by atoms with Crippen molar-refractivity contribution >= 4 is 0 Å². The second kappa shape index (κ2) is 7.15. The first-order chi connectivity index (χ1) is 6.06. The Morgan fingerprint density at radius 3 is 1.77 bits per heavy atom. The molecule has 0 aliphatic carbocycles. The van der Waals surface area contributed by atoms with E-state index in [1.54, 1.807) is 0 Å². The average molecular weight is 193 g/mol. The van der Waals surface area contributed by atoms with Crippen molar-refractivity contribution in [1.82, 2.24) is 10.5 Å². The van der Waals surface area contributed by atoms with Gasteiger partial charge in [0, 0.05) is 5.92 Å². The van der Waals surface area contributed by atoms with Gasteiger partial charge in [0.2, 0.25) is 0 Å². The average Bonchev–Trinajstić information content (AvgIpc) is 2.04. The van der Waals surface area contributed by atoms with Crippen molar-refractivity contribution in [3.8, 4) is 0 Å². The van der Waals surface area contributed by atoms with Crippen LogP contribution < -0.4 is 5.73 Å². The highest BCUT2D eigenvalue weighted by atomic mass is 16.9. The summed E-state index contributed by atoms with van der Waals surface area (Å²) in [5.41, 5.74) is 5.34. The summed E-state index contributed by atoms with van der Waals surface area (Å²) in [4.78, 5) is 9.25. The van der Waals surface area contributed by atoms with Crippen LogP contribution in [0.25, 0.3) is 0 Å². The molecule has 0 bridgehead atoms. The minimum Gasteiger partial charge on any atom is -0.762 e. The van der Waals surface area contributed by atoms with Gasteiger partial charge in [-0.05, 0) is 20.6 Å². The molecule has 0 aromatic carbocycles. The third kappa shape index (κ3) is 8.06. The van der Waals surface area contributed by atoms with Crippen LogP contribution in [0.15, 0.2) is 0 Å². The molecule has 0 fully saturated rings. The molecule has 0 spiro atoms. The molecule has 0 radical (unpaired) electrons. The molecule has 7 heteroatoms.